The number of hydrogen-bond donors (Lipinski definition) is 0. The number of methoxy groups -OCH3 is 1. The monoisotopic (exact) mass is 528 g/mol. The highest BCUT2D eigenvalue weighted by Gasteiger charge is 2.23. The van der Waals surface area contributed by atoms with E-state index in [1.54, 1.807) is 10.6 Å². The van der Waals surface area contributed by atoms with Gasteiger partial charge in [0, 0.05) is 29.5 Å². The Labute approximate surface area is 229 Å². The molecule has 0 N–H and O–H groups in total. The first-order valence-electron chi connectivity index (χ1n) is 13.3. The Balaban J connectivity index is 1.67. The quantitative estimate of drug-likeness (QED) is 0.258. The summed E-state index contributed by atoms with van der Waals surface area (Å²) in [6.45, 7) is 10.4. The van der Waals surface area contributed by atoms with Gasteiger partial charge < -0.3 is 9.26 Å². The van der Waals surface area contributed by atoms with Crippen molar-refractivity contribution in [1.82, 2.24) is 19.7 Å². The van der Waals surface area contributed by atoms with E-state index < -0.39 is 0 Å². The lowest BCUT2D eigenvalue weighted by atomic mass is 9.97. The van der Waals surface area contributed by atoms with Crippen molar-refractivity contribution in [2.45, 2.75) is 72.3 Å². The highest BCUT2D eigenvalue weighted by atomic mass is 16.5. The fraction of sp³-hybridized carbons (Fsp3) is 0.387. The van der Waals surface area contributed by atoms with E-state index >= 15 is 0 Å². The molecule has 0 spiro atoms. The summed E-state index contributed by atoms with van der Waals surface area (Å²) in [5, 5.41) is 4.11. The molecule has 4 aromatic rings. The minimum absolute atomic E-state index is 0.0872. The molecule has 2 aromatic heterocycles. The van der Waals surface area contributed by atoms with Gasteiger partial charge in [-0.3, -0.25) is 9.36 Å². The van der Waals surface area contributed by atoms with Crippen molar-refractivity contribution in [3.05, 3.63) is 98.8 Å². The number of carbonyl (C=O) groups is 1. The summed E-state index contributed by atoms with van der Waals surface area (Å²) >= 11 is 0. The van der Waals surface area contributed by atoms with E-state index in [4.69, 9.17) is 14.2 Å². The number of aryl methyl sites for hydroxylation is 2. The predicted octanol–water partition coefficient (Wildman–Crippen LogP) is 5.67. The van der Waals surface area contributed by atoms with Crippen molar-refractivity contribution in [3.63, 3.8) is 0 Å². The van der Waals surface area contributed by atoms with Gasteiger partial charge in [-0.05, 0) is 36.1 Å². The number of unbranched alkanes of at least 4 members (excludes halogenated alkanes) is 1. The van der Waals surface area contributed by atoms with E-state index in [2.05, 4.69) is 17.1 Å². The molecule has 4 rings (SSSR count). The molecule has 0 aliphatic heterocycles. The van der Waals surface area contributed by atoms with Gasteiger partial charge in [-0.25, -0.2) is 9.78 Å². The second kappa shape index (κ2) is 11.8. The van der Waals surface area contributed by atoms with Crippen LogP contribution in [0.25, 0.3) is 11.1 Å². The number of hydrogen-bond acceptors (Lipinski definition) is 7. The minimum Gasteiger partial charge on any atom is -0.465 e. The van der Waals surface area contributed by atoms with Gasteiger partial charge >= 0.3 is 5.97 Å². The molecule has 2 aromatic carbocycles. The molecule has 0 saturated heterocycles. The maximum atomic E-state index is 13.8. The molecule has 39 heavy (non-hydrogen) atoms. The van der Waals surface area contributed by atoms with Crippen molar-refractivity contribution in [1.29, 1.82) is 0 Å². The summed E-state index contributed by atoms with van der Waals surface area (Å²) in [6.07, 6.45) is 2.92. The summed E-state index contributed by atoms with van der Waals surface area (Å²) in [4.78, 5) is 35.4. The van der Waals surface area contributed by atoms with Crippen LogP contribution in [0.1, 0.15) is 85.3 Å². The van der Waals surface area contributed by atoms with Gasteiger partial charge in [0.15, 0.2) is 5.82 Å². The normalized spacial score (nSPS) is 11.5. The topological polar surface area (TPSA) is 100 Å². The fourth-order valence-corrected chi connectivity index (χ4v) is 4.43. The molecule has 2 heterocycles. The molecular formula is C31H36N4O4. The molecule has 0 radical (unpaired) electrons. The number of aromatic nitrogens is 4. The third kappa shape index (κ3) is 6.33. The van der Waals surface area contributed by atoms with Gasteiger partial charge in [-0.15, -0.1) is 0 Å². The van der Waals surface area contributed by atoms with Gasteiger partial charge in [-0.2, -0.15) is 4.98 Å². The number of carbonyl (C=O) groups excluding carboxylic acids is 1. The Hall–Kier alpha value is -4.07. The van der Waals surface area contributed by atoms with E-state index in [0.29, 0.717) is 41.5 Å². The van der Waals surface area contributed by atoms with E-state index in [9.17, 15) is 9.59 Å². The third-order valence-electron chi connectivity index (χ3n) is 6.68. The van der Waals surface area contributed by atoms with Crippen molar-refractivity contribution in [3.8, 4) is 11.1 Å². The number of nitrogens with zero attached hydrogens (tertiary/aromatic N) is 4. The fourth-order valence-electron chi connectivity index (χ4n) is 4.43. The molecule has 0 aliphatic rings. The maximum Gasteiger partial charge on any atom is 0.338 e. The van der Waals surface area contributed by atoms with Gasteiger partial charge in [0.05, 0.1) is 19.2 Å². The number of esters is 1. The summed E-state index contributed by atoms with van der Waals surface area (Å²) in [7, 11) is 1.38. The van der Waals surface area contributed by atoms with Crippen LogP contribution in [0.5, 0.6) is 0 Å². The number of benzene rings is 2. The van der Waals surface area contributed by atoms with Gasteiger partial charge in [0.25, 0.3) is 5.56 Å². The van der Waals surface area contributed by atoms with Crippen LogP contribution in [0.2, 0.25) is 0 Å². The summed E-state index contributed by atoms with van der Waals surface area (Å²) < 4.78 is 12.1. The van der Waals surface area contributed by atoms with E-state index in [0.717, 1.165) is 35.4 Å². The molecular weight excluding hydrogens is 492 g/mol. The first-order valence-corrected chi connectivity index (χ1v) is 13.3. The standard InChI is InChI=1S/C31H36N4O4/c1-7-8-13-27-32-20(2)25(18-26-33-30(39-34-26)31(3,4)5)28(36)35(27)19-21-14-16-22(17-15-21)23-11-9-10-12-24(23)29(37)38-6/h9-12,14-17H,7-8,13,18-19H2,1-6H3. The molecule has 8 heteroatoms. The molecule has 0 bridgehead atoms. The van der Waals surface area contributed by atoms with Crippen molar-refractivity contribution < 1.29 is 14.1 Å². The lowest BCUT2D eigenvalue weighted by Gasteiger charge is -2.16. The summed E-state index contributed by atoms with van der Waals surface area (Å²) in [5.41, 5.74) is 4.06. The Bertz CT molecular complexity index is 1510. The number of ether oxygens (including phenoxy) is 1. The van der Waals surface area contributed by atoms with Crippen LogP contribution in [-0.4, -0.2) is 32.8 Å². The summed E-state index contributed by atoms with van der Waals surface area (Å²) in [6, 6.07) is 15.2. The average Bonchev–Trinajstić information content (AvgIpc) is 3.41. The zero-order chi connectivity index (χ0) is 28.2. The Kier molecular flexibility index (Phi) is 8.43. The Morgan fingerprint density at radius 3 is 2.41 bits per heavy atom. The van der Waals surface area contributed by atoms with Gasteiger partial charge in [0.1, 0.15) is 5.82 Å². The second-order valence-electron chi connectivity index (χ2n) is 10.8. The smallest absolute Gasteiger partial charge is 0.338 e. The largest absolute Gasteiger partial charge is 0.465 e. The third-order valence-corrected chi connectivity index (χ3v) is 6.68. The lowest BCUT2D eigenvalue weighted by Crippen LogP contribution is -2.30. The Morgan fingerprint density at radius 1 is 1.05 bits per heavy atom. The zero-order valence-corrected chi connectivity index (χ0v) is 23.6. The molecule has 0 aliphatic carbocycles. The SMILES string of the molecule is CCCCc1nc(C)c(Cc2noc(C(C)(C)C)n2)c(=O)n1Cc1ccc(-c2ccccc2C(=O)OC)cc1. The van der Waals surface area contributed by atoms with Crippen LogP contribution in [0.4, 0.5) is 0 Å². The second-order valence-corrected chi connectivity index (χ2v) is 10.8. The van der Waals surface area contributed by atoms with Crippen molar-refractivity contribution in [2.75, 3.05) is 7.11 Å². The maximum absolute atomic E-state index is 13.8. The van der Waals surface area contributed by atoms with Crippen LogP contribution in [0.15, 0.2) is 57.8 Å². The van der Waals surface area contributed by atoms with E-state index in [1.165, 1.54) is 7.11 Å². The predicted molar refractivity (Wildman–Crippen MR) is 150 cm³/mol. The van der Waals surface area contributed by atoms with Crippen LogP contribution in [0, 0.1) is 6.92 Å². The molecule has 0 fully saturated rings. The molecule has 8 nitrogen and oxygen atoms in total. The lowest BCUT2D eigenvalue weighted by molar-refractivity contribution is 0.0601. The van der Waals surface area contributed by atoms with Gasteiger partial charge in [0.2, 0.25) is 5.89 Å². The first-order chi connectivity index (χ1) is 18.6. The molecule has 0 saturated carbocycles. The zero-order valence-electron chi connectivity index (χ0n) is 23.6. The van der Waals surface area contributed by atoms with Crippen LogP contribution in [-0.2, 0) is 29.5 Å². The highest BCUT2D eigenvalue weighted by molar-refractivity contribution is 5.97. The van der Waals surface area contributed by atoms with E-state index in [1.807, 2.05) is 70.2 Å². The van der Waals surface area contributed by atoms with Crippen LogP contribution in [0.3, 0.4) is 0 Å². The molecule has 204 valence electrons. The molecule has 0 atom stereocenters. The van der Waals surface area contributed by atoms with Gasteiger partial charge in [-0.1, -0.05) is 81.7 Å². The summed E-state index contributed by atoms with van der Waals surface area (Å²) in [5.74, 6) is 1.41. The van der Waals surface area contributed by atoms with Crippen molar-refractivity contribution >= 4 is 5.97 Å². The van der Waals surface area contributed by atoms with E-state index in [-0.39, 0.29) is 23.4 Å². The van der Waals surface area contributed by atoms with Crippen molar-refractivity contribution in [2.24, 2.45) is 0 Å². The number of rotatable bonds is 9. The van der Waals surface area contributed by atoms with Crippen LogP contribution < -0.4 is 5.56 Å². The minimum atomic E-state index is -0.378. The average molecular weight is 529 g/mol. The molecule has 0 amide bonds. The first kappa shape index (κ1) is 28.0. The van der Waals surface area contributed by atoms with Crippen LogP contribution >= 0.6 is 0 Å². The Morgan fingerprint density at radius 2 is 1.77 bits per heavy atom. The molecule has 0 unspecified atom stereocenters. The highest BCUT2D eigenvalue weighted by Crippen LogP contribution is 2.25.